The predicted molar refractivity (Wildman–Crippen MR) is 136 cm³/mol. The Morgan fingerprint density at radius 2 is 1.91 bits per heavy atom. The summed E-state index contributed by atoms with van der Waals surface area (Å²) in [6.07, 6.45) is 4.25. The second-order valence-electron chi connectivity index (χ2n) is 8.64. The van der Waals surface area contributed by atoms with E-state index in [0.29, 0.717) is 24.2 Å². The van der Waals surface area contributed by atoms with Crippen LogP contribution in [0.2, 0.25) is 0 Å². The maximum absolute atomic E-state index is 13.1. The summed E-state index contributed by atoms with van der Waals surface area (Å²) in [4.78, 5) is 4.29. The molecule has 0 fully saturated rings. The number of aromatic nitrogens is 1. The standard InChI is InChI=1S/C27H27N3O4S/c31-25(21-7-4-14-28-16-21)18-29-17-23-12-10-20-15-22(11-13-26(20)34-23)30-35(32,33)27-9-3-6-19-5-1-2-8-24(19)27/h1-9,11,13-16,23,25,29-31H,10,12,17-18H2. The fourth-order valence-corrected chi connectivity index (χ4v) is 5.64. The minimum absolute atomic E-state index is 0.0261. The molecule has 2 unspecified atom stereocenters. The van der Waals surface area contributed by atoms with Gasteiger partial charge in [-0.2, -0.15) is 0 Å². The second kappa shape index (κ2) is 10.0. The van der Waals surface area contributed by atoms with Crippen molar-refractivity contribution in [1.29, 1.82) is 0 Å². The molecule has 180 valence electrons. The molecule has 5 rings (SSSR count). The summed E-state index contributed by atoms with van der Waals surface area (Å²) in [7, 11) is -3.75. The molecule has 7 nitrogen and oxygen atoms in total. The average Bonchev–Trinajstić information content (AvgIpc) is 2.88. The van der Waals surface area contributed by atoms with Gasteiger partial charge in [0.25, 0.3) is 10.0 Å². The molecule has 3 aromatic carbocycles. The predicted octanol–water partition coefficient (Wildman–Crippen LogP) is 4.05. The fourth-order valence-electron chi connectivity index (χ4n) is 4.36. The Morgan fingerprint density at radius 3 is 2.77 bits per heavy atom. The Labute approximate surface area is 204 Å². The number of nitrogens with zero attached hydrogens (tertiary/aromatic N) is 1. The van der Waals surface area contributed by atoms with E-state index in [0.717, 1.165) is 35.1 Å². The normalized spacial score (nSPS) is 16.3. The second-order valence-corrected chi connectivity index (χ2v) is 10.3. The Balaban J connectivity index is 1.22. The molecule has 1 aliphatic heterocycles. The zero-order chi connectivity index (χ0) is 24.3. The topological polar surface area (TPSA) is 101 Å². The first kappa shape index (κ1) is 23.3. The van der Waals surface area contributed by atoms with Crippen LogP contribution >= 0.6 is 0 Å². The molecule has 0 radical (unpaired) electrons. The Hall–Kier alpha value is -3.46. The fraction of sp³-hybridized carbons (Fsp3) is 0.222. The van der Waals surface area contributed by atoms with Crippen molar-refractivity contribution in [2.45, 2.75) is 29.9 Å². The number of aliphatic hydroxyl groups excluding tert-OH is 1. The minimum atomic E-state index is -3.75. The van der Waals surface area contributed by atoms with Crippen molar-refractivity contribution in [2.75, 3.05) is 17.8 Å². The van der Waals surface area contributed by atoms with Crippen LogP contribution in [0.3, 0.4) is 0 Å². The largest absolute Gasteiger partial charge is 0.489 e. The number of anilines is 1. The van der Waals surface area contributed by atoms with Gasteiger partial charge in [-0.15, -0.1) is 0 Å². The highest BCUT2D eigenvalue weighted by Gasteiger charge is 2.22. The van der Waals surface area contributed by atoms with Gasteiger partial charge in [0.05, 0.1) is 11.0 Å². The lowest BCUT2D eigenvalue weighted by Gasteiger charge is -2.27. The Kier molecular flexibility index (Phi) is 6.68. The number of rotatable bonds is 8. The van der Waals surface area contributed by atoms with Crippen molar-refractivity contribution < 1.29 is 18.3 Å². The first-order valence-corrected chi connectivity index (χ1v) is 13.1. The van der Waals surface area contributed by atoms with Crippen LogP contribution < -0.4 is 14.8 Å². The molecule has 1 aliphatic rings. The molecule has 8 heteroatoms. The molecule has 35 heavy (non-hydrogen) atoms. The van der Waals surface area contributed by atoms with E-state index in [1.54, 1.807) is 36.7 Å². The van der Waals surface area contributed by atoms with Crippen LogP contribution in [0.15, 0.2) is 90.1 Å². The molecule has 0 spiro atoms. The van der Waals surface area contributed by atoms with E-state index in [4.69, 9.17) is 4.74 Å². The lowest BCUT2D eigenvalue weighted by atomic mass is 10.0. The summed E-state index contributed by atoms with van der Waals surface area (Å²) in [5, 5.41) is 15.1. The van der Waals surface area contributed by atoms with Gasteiger partial charge in [-0.1, -0.05) is 42.5 Å². The summed E-state index contributed by atoms with van der Waals surface area (Å²) in [5.41, 5.74) is 2.25. The first-order chi connectivity index (χ1) is 17.0. The molecule has 4 aromatic rings. The lowest BCUT2D eigenvalue weighted by molar-refractivity contribution is 0.146. The van der Waals surface area contributed by atoms with Crippen molar-refractivity contribution >= 4 is 26.5 Å². The minimum Gasteiger partial charge on any atom is -0.489 e. The number of hydrogen-bond donors (Lipinski definition) is 3. The van der Waals surface area contributed by atoms with Gasteiger partial charge in [-0.3, -0.25) is 9.71 Å². The zero-order valence-corrected chi connectivity index (χ0v) is 19.9. The van der Waals surface area contributed by atoms with Gasteiger partial charge in [-0.05, 0) is 54.1 Å². The third-order valence-corrected chi connectivity index (χ3v) is 7.60. The molecule has 0 saturated heterocycles. The van der Waals surface area contributed by atoms with Gasteiger partial charge in [-0.25, -0.2) is 8.42 Å². The van der Waals surface area contributed by atoms with Crippen LogP contribution in [-0.4, -0.2) is 37.7 Å². The van der Waals surface area contributed by atoms with E-state index in [2.05, 4.69) is 15.0 Å². The first-order valence-electron chi connectivity index (χ1n) is 11.6. The summed E-state index contributed by atoms with van der Waals surface area (Å²) < 4.78 is 35.1. The molecule has 2 atom stereocenters. The van der Waals surface area contributed by atoms with Crippen LogP contribution in [0.25, 0.3) is 10.8 Å². The number of hydrogen-bond acceptors (Lipinski definition) is 6. The van der Waals surface area contributed by atoms with Gasteiger partial charge in [0.2, 0.25) is 0 Å². The zero-order valence-electron chi connectivity index (χ0n) is 19.1. The number of aryl methyl sites for hydroxylation is 1. The molecule has 3 N–H and O–H groups in total. The quantitative estimate of drug-likeness (QED) is 0.345. The molecule has 0 amide bonds. The number of benzene rings is 3. The molecule has 0 bridgehead atoms. The van der Waals surface area contributed by atoms with Crippen LogP contribution in [0.1, 0.15) is 23.7 Å². The smallest absolute Gasteiger partial charge is 0.262 e. The number of aliphatic hydroxyl groups is 1. The molecule has 1 aromatic heterocycles. The van der Waals surface area contributed by atoms with Crippen molar-refractivity contribution in [3.8, 4) is 5.75 Å². The molecule has 0 aliphatic carbocycles. The Bertz CT molecular complexity index is 1420. The van der Waals surface area contributed by atoms with Gasteiger partial charge in [0.1, 0.15) is 11.9 Å². The van der Waals surface area contributed by atoms with Crippen LogP contribution in [-0.2, 0) is 16.4 Å². The average molecular weight is 490 g/mol. The van der Waals surface area contributed by atoms with E-state index >= 15 is 0 Å². The number of fused-ring (bicyclic) bond motifs is 2. The summed E-state index contributed by atoms with van der Waals surface area (Å²) >= 11 is 0. The monoisotopic (exact) mass is 489 g/mol. The van der Waals surface area contributed by atoms with Crippen molar-refractivity contribution in [1.82, 2.24) is 10.3 Å². The maximum Gasteiger partial charge on any atom is 0.262 e. The highest BCUT2D eigenvalue weighted by Crippen LogP contribution is 2.31. The number of nitrogens with one attached hydrogen (secondary N) is 2. The van der Waals surface area contributed by atoms with E-state index in [1.165, 1.54) is 0 Å². The van der Waals surface area contributed by atoms with Gasteiger partial charge < -0.3 is 15.2 Å². The SMILES string of the molecule is O=S(=O)(Nc1ccc2c(c1)CCC(CNCC(O)c1cccnc1)O2)c1cccc2ccccc12. The van der Waals surface area contributed by atoms with Crippen LogP contribution in [0, 0.1) is 0 Å². The van der Waals surface area contributed by atoms with E-state index in [-0.39, 0.29) is 11.0 Å². The third kappa shape index (κ3) is 5.30. The van der Waals surface area contributed by atoms with Gasteiger partial charge in [0, 0.05) is 42.1 Å². The molecular weight excluding hydrogens is 462 g/mol. The third-order valence-electron chi connectivity index (χ3n) is 6.16. The van der Waals surface area contributed by atoms with Crippen molar-refractivity contribution in [3.63, 3.8) is 0 Å². The number of ether oxygens (including phenoxy) is 1. The lowest BCUT2D eigenvalue weighted by Crippen LogP contribution is -2.36. The van der Waals surface area contributed by atoms with Crippen LogP contribution in [0.5, 0.6) is 5.75 Å². The summed E-state index contributed by atoms with van der Waals surface area (Å²) in [6.45, 7) is 1.01. The summed E-state index contributed by atoms with van der Waals surface area (Å²) in [6, 6.07) is 21.7. The van der Waals surface area contributed by atoms with Gasteiger partial charge in [0.15, 0.2) is 0 Å². The molecular formula is C27H27N3O4S. The van der Waals surface area contributed by atoms with E-state index < -0.39 is 16.1 Å². The van der Waals surface area contributed by atoms with E-state index in [1.807, 2.05) is 48.5 Å². The van der Waals surface area contributed by atoms with Crippen LogP contribution in [0.4, 0.5) is 5.69 Å². The van der Waals surface area contributed by atoms with Crippen molar-refractivity contribution in [3.05, 3.63) is 96.3 Å². The number of sulfonamides is 1. The maximum atomic E-state index is 13.1. The molecule has 0 saturated carbocycles. The van der Waals surface area contributed by atoms with Gasteiger partial charge >= 0.3 is 0 Å². The Morgan fingerprint density at radius 1 is 1.06 bits per heavy atom. The molecule has 2 heterocycles. The highest BCUT2D eigenvalue weighted by molar-refractivity contribution is 7.93. The number of pyridine rings is 1. The van der Waals surface area contributed by atoms with E-state index in [9.17, 15) is 13.5 Å². The highest BCUT2D eigenvalue weighted by atomic mass is 32.2. The summed E-state index contributed by atoms with van der Waals surface area (Å²) in [5.74, 6) is 0.754. The van der Waals surface area contributed by atoms with Crippen molar-refractivity contribution in [2.24, 2.45) is 0 Å².